The van der Waals surface area contributed by atoms with E-state index in [4.69, 9.17) is 21.1 Å². The number of hydrogen-bond acceptors (Lipinski definition) is 3. The molecule has 2 atom stereocenters. The zero-order valence-electron chi connectivity index (χ0n) is 14.8. The van der Waals surface area contributed by atoms with Gasteiger partial charge in [0, 0.05) is 5.02 Å². The predicted molar refractivity (Wildman–Crippen MR) is 100 cm³/mol. The maximum Gasteiger partial charge on any atom is 0.261 e. The molecule has 0 aromatic heterocycles. The second-order valence-corrected chi connectivity index (χ2v) is 6.39. The molecule has 1 N–H and O–H groups in total. The number of nitrogens with one attached hydrogen (secondary N) is 1. The largest absolute Gasteiger partial charge is 0.491 e. The van der Waals surface area contributed by atoms with Gasteiger partial charge in [0.25, 0.3) is 5.91 Å². The number of halogens is 1. The van der Waals surface area contributed by atoms with Crippen molar-refractivity contribution in [2.75, 3.05) is 6.61 Å². The summed E-state index contributed by atoms with van der Waals surface area (Å²) < 4.78 is 11.5. The van der Waals surface area contributed by atoms with E-state index in [0.29, 0.717) is 23.8 Å². The Balaban J connectivity index is 1.87. The molecule has 0 saturated carbocycles. The predicted octanol–water partition coefficient (Wildman–Crippen LogP) is 4.39. The molecule has 0 spiro atoms. The van der Waals surface area contributed by atoms with Crippen LogP contribution < -0.4 is 14.8 Å². The Hall–Kier alpha value is -2.20. The molecule has 2 rings (SSSR count). The minimum atomic E-state index is -0.570. The van der Waals surface area contributed by atoms with Crippen LogP contribution in [-0.4, -0.2) is 24.7 Å². The lowest BCUT2D eigenvalue weighted by atomic mass is 10.2. The number of benzene rings is 2. The molecule has 0 unspecified atom stereocenters. The molecular weight excluding hydrogens is 338 g/mol. The third-order valence-electron chi connectivity index (χ3n) is 3.71. The van der Waals surface area contributed by atoms with Gasteiger partial charge in [0.1, 0.15) is 18.1 Å². The highest BCUT2D eigenvalue weighted by Crippen LogP contribution is 2.19. The number of rotatable bonds is 8. The van der Waals surface area contributed by atoms with Crippen LogP contribution in [0, 0.1) is 6.92 Å². The van der Waals surface area contributed by atoms with Gasteiger partial charge in [-0.15, -0.1) is 0 Å². The van der Waals surface area contributed by atoms with E-state index in [1.54, 1.807) is 24.3 Å². The SMILES string of the molecule is CC[C@@H](Oc1cccc(Cl)c1)C(=O)N[C@H](C)COc1ccccc1C. The van der Waals surface area contributed by atoms with E-state index in [9.17, 15) is 4.79 Å². The highest BCUT2D eigenvalue weighted by molar-refractivity contribution is 6.30. The Morgan fingerprint density at radius 2 is 1.96 bits per heavy atom. The van der Waals surface area contributed by atoms with Crippen LogP contribution in [0.4, 0.5) is 0 Å². The van der Waals surface area contributed by atoms with Gasteiger partial charge in [-0.2, -0.15) is 0 Å². The lowest BCUT2D eigenvalue weighted by molar-refractivity contribution is -0.128. The van der Waals surface area contributed by atoms with Crippen LogP contribution in [0.1, 0.15) is 25.8 Å². The highest BCUT2D eigenvalue weighted by atomic mass is 35.5. The van der Waals surface area contributed by atoms with E-state index in [0.717, 1.165) is 11.3 Å². The van der Waals surface area contributed by atoms with Gasteiger partial charge in [0.15, 0.2) is 6.10 Å². The molecule has 0 radical (unpaired) electrons. The van der Waals surface area contributed by atoms with Crippen LogP contribution in [0.5, 0.6) is 11.5 Å². The van der Waals surface area contributed by atoms with Crippen LogP contribution in [-0.2, 0) is 4.79 Å². The van der Waals surface area contributed by atoms with Crippen LogP contribution in [0.15, 0.2) is 48.5 Å². The summed E-state index contributed by atoms with van der Waals surface area (Å²) in [6.07, 6.45) is -0.0108. The molecule has 4 nitrogen and oxygen atoms in total. The lowest BCUT2D eigenvalue weighted by Crippen LogP contribution is -2.44. The second kappa shape index (κ2) is 9.33. The highest BCUT2D eigenvalue weighted by Gasteiger charge is 2.20. The van der Waals surface area contributed by atoms with Crippen molar-refractivity contribution in [2.45, 2.75) is 39.3 Å². The molecule has 0 saturated heterocycles. The van der Waals surface area contributed by atoms with Crippen molar-refractivity contribution in [2.24, 2.45) is 0 Å². The van der Waals surface area contributed by atoms with Gasteiger partial charge in [-0.3, -0.25) is 4.79 Å². The average Bonchev–Trinajstić information content (AvgIpc) is 2.59. The minimum absolute atomic E-state index is 0.135. The summed E-state index contributed by atoms with van der Waals surface area (Å²) in [5, 5.41) is 3.51. The molecule has 2 aromatic rings. The summed E-state index contributed by atoms with van der Waals surface area (Å²) in [5.41, 5.74) is 1.07. The van der Waals surface area contributed by atoms with E-state index < -0.39 is 6.10 Å². The van der Waals surface area contributed by atoms with Crippen LogP contribution in [0.2, 0.25) is 5.02 Å². The maximum absolute atomic E-state index is 12.4. The third-order valence-corrected chi connectivity index (χ3v) is 3.94. The Morgan fingerprint density at radius 1 is 1.20 bits per heavy atom. The van der Waals surface area contributed by atoms with Gasteiger partial charge in [0.05, 0.1) is 6.04 Å². The molecule has 1 amide bonds. The van der Waals surface area contributed by atoms with Gasteiger partial charge in [-0.25, -0.2) is 0 Å². The molecule has 134 valence electrons. The van der Waals surface area contributed by atoms with E-state index >= 15 is 0 Å². The number of hydrogen-bond donors (Lipinski definition) is 1. The van der Waals surface area contributed by atoms with Crippen LogP contribution >= 0.6 is 11.6 Å². The first-order valence-corrected chi connectivity index (χ1v) is 8.78. The Kier molecular flexibility index (Phi) is 7.14. The summed E-state index contributed by atoms with van der Waals surface area (Å²) in [5.74, 6) is 1.24. The molecule has 0 aliphatic rings. The van der Waals surface area contributed by atoms with Crippen molar-refractivity contribution in [3.05, 3.63) is 59.1 Å². The smallest absolute Gasteiger partial charge is 0.261 e. The number of para-hydroxylation sites is 1. The van der Waals surface area contributed by atoms with Crippen molar-refractivity contribution in [3.63, 3.8) is 0 Å². The lowest BCUT2D eigenvalue weighted by Gasteiger charge is -2.21. The Bertz CT molecular complexity index is 705. The van der Waals surface area contributed by atoms with Gasteiger partial charge >= 0.3 is 0 Å². The number of aryl methyl sites for hydroxylation is 1. The van der Waals surface area contributed by atoms with Crippen LogP contribution in [0.3, 0.4) is 0 Å². The van der Waals surface area contributed by atoms with Crippen molar-refractivity contribution >= 4 is 17.5 Å². The van der Waals surface area contributed by atoms with Crippen molar-refractivity contribution in [3.8, 4) is 11.5 Å². The van der Waals surface area contributed by atoms with Gasteiger partial charge < -0.3 is 14.8 Å². The maximum atomic E-state index is 12.4. The fraction of sp³-hybridized carbons (Fsp3) is 0.350. The summed E-state index contributed by atoms with van der Waals surface area (Å²) >= 11 is 5.95. The zero-order valence-corrected chi connectivity index (χ0v) is 15.5. The standard InChI is InChI=1S/C20H24ClNO3/c1-4-18(25-17-10-7-9-16(21)12-17)20(23)22-15(3)13-24-19-11-6-5-8-14(19)2/h5-12,15,18H,4,13H2,1-3H3,(H,22,23)/t15-,18-/m1/s1. The van der Waals surface area contributed by atoms with Gasteiger partial charge in [0.2, 0.25) is 0 Å². The fourth-order valence-corrected chi connectivity index (χ4v) is 2.52. The number of carbonyl (C=O) groups excluding carboxylic acids is 1. The molecule has 0 bridgehead atoms. The molecule has 25 heavy (non-hydrogen) atoms. The first-order valence-electron chi connectivity index (χ1n) is 8.40. The zero-order chi connectivity index (χ0) is 18.2. The first kappa shape index (κ1) is 19.1. The van der Waals surface area contributed by atoms with Gasteiger partial charge in [-0.05, 0) is 50.1 Å². The monoisotopic (exact) mass is 361 g/mol. The normalized spacial score (nSPS) is 13.0. The first-order chi connectivity index (χ1) is 12.0. The second-order valence-electron chi connectivity index (χ2n) is 5.96. The summed E-state index contributed by atoms with van der Waals surface area (Å²) in [6, 6.07) is 14.7. The quantitative estimate of drug-likeness (QED) is 0.758. The topological polar surface area (TPSA) is 47.6 Å². The van der Waals surface area contributed by atoms with Crippen molar-refractivity contribution < 1.29 is 14.3 Å². The van der Waals surface area contributed by atoms with Crippen molar-refractivity contribution in [1.29, 1.82) is 0 Å². The van der Waals surface area contributed by atoms with E-state index in [1.165, 1.54) is 0 Å². The molecule has 0 heterocycles. The average molecular weight is 362 g/mol. The van der Waals surface area contributed by atoms with E-state index in [1.807, 2.05) is 45.0 Å². The number of carbonyl (C=O) groups is 1. The number of amides is 1. The van der Waals surface area contributed by atoms with E-state index in [-0.39, 0.29) is 11.9 Å². The summed E-state index contributed by atoms with van der Waals surface area (Å²) in [4.78, 5) is 12.4. The van der Waals surface area contributed by atoms with Crippen LogP contribution in [0.25, 0.3) is 0 Å². The molecule has 5 heteroatoms. The molecule has 0 fully saturated rings. The fourth-order valence-electron chi connectivity index (χ4n) is 2.34. The summed E-state index contributed by atoms with van der Waals surface area (Å²) in [6.45, 7) is 6.19. The molecule has 2 aromatic carbocycles. The Morgan fingerprint density at radius 3 is 2.64 bits per heavy atom. The number of ether oxygens (including phenoxy) is 2. The van der Waals surface area contributed by atoms with E-state index in [2.05, 4.69) is 5.32 Å². The molecule has 0 aliphatic heterocycles. The van der Waals surface area contributed by atoms with Crippen molar-refractivity contribution in [1.82, 2.24) is 5.32 Å². The summed E-state index contributed by atoms with van der Waals surface area (Å²) in [7, 11) is 0. The molecular formula is C20H24ClNO3. The Labute approximate surface area is 154 Å². The van der Waals surface area contributed by atoms with Gasteiger partial charge in [-0.1, -0.05) is 42.8 Å². The molecule has 0 aliphatic carbocycles. The third kappa shape index (κ3) is 5.98. The minimum Gasteiger partial charge on any atom is -0.491 e.